The fourth-order valence-corrected chi connectivity index (χ4v) is 2.57. The first-order valence-electron chi connectivity index (χ1n) is 6.91. The first-order chi connectivity index (χ1) is 9.89. The Hall–Kier alpha value is -0.920. The molecule has 126 valence electrons. The zero-order valence-electron chi connectivity index (χ0n) is 13.3. The van der Waals surface area contributed by atoms with Crippen LogP contribution in [0.5, 0.6) is 0 Å². The van der Waals surface area contributed by atoms with Crippen molar-refractivity contribution in [2.24, 2.45) is 0 Å². The van der Waals surface area contributed by atoms with Crippen LogP contribution in [0.3, 0.4) is 0 Å². The average molecular weight is 337 g/mol. The summed E-state index contributed by atoms with van der Waals surface area (Å²) in [6, 6.07) is 2.88. The van der Waals surface area contributed by atoms with E-state index in [0.717, 1.165) is 13.0 Å². The molecule has 1 rings (SSSR count). The topological polar surface area (TPSA) is 49.3 Å². The van der Waals surface area contributed by atoms with Gasteiger partial charge in [0.05, 0.1) is 21.3 Å². The highest BCUT2D eigenvalue weighted by molar-refractivity contribution is 7.84. The van der Waals surface area contributed by atoms with E-state index in [-0.39, 0.29) is 5.56 Å². The van der Waals surface area contributed by atoms with Gasteiger partial charge >= 0.3 is 5.92 Å². The molecule has 7 heteroatoms. The van der Waals surface area contributed by atoms with E-state index >= 15 is 0 Å². The number of aliphatic hydroxyl groups is 1. The Bertz CT molecular complexity index is 556. The summed E-state index contributed by atoms with van der Waals surface area (Å²) in [5.74, 6) is -4.79. The van der Waals surface area contributed by atoms with Crippen molar-refractivity contribution in [1.82, 2.24) is 4.72 Å². The minimum atomic E-state index is -3.69. The summed E-state index contributed by atoms with van der Waals surface area (Å²) in [7, 11) is -1.47. The van der Waals surface area contributed by atoms with E-state index in [1.54, 1.807) is 27.7 Å². The van der Waals surface area contributed by atoms with Crippen LogP contribution >= 0.6 is 0 Å². The van der Waals surface area contributed by atoms with Crippen LogP contribution in [-0.4, -0.2) is 20.2 Å². The first-order valence-corrected chi connectivity index (χ1v) is 8.06. The summed E-state index contributed by atoms with van der Waals surface area (Å²) in [4.78, 5) is 0. The number of benzene rings is 1. The molecule has 3 atom stereocenters. The second-order valence-electron chi connectivity index (χ2n) is 6.23. The maximum atomic E-state index is 14.4. The second-order valence-corrected chi connectivity index (χ2v) is 8.23. The minimum absolute atomic E-state index is 0.0181. The van der Waals surface area contributed by atoms with Gasteiger partial charge in [0.15, 0.2) is 0 Å². The predicted octanol–water partition coefficient (Wildman–Crippen LogP) is 3.41. The summed E-state index contributed by atoms with van der Waals surface area (Å²) in [6.45, 7) is 7.69. The van der Waals surface area contributed by atoms with E-state index < -0.39 is 45.2 Å². The van der Waals surface area contributed by atoms with Crippen LogP contribution in [0.4, 0.5) is 13.2 Å². The highest BCUT2D eigenvalue weighted by Gasteiger charge is 2.40. The summed E-state index contributed by atoms with van der Waals surface area (Å²) in [6.07, 6.45) is -2.01. The fourth-order valence-electron chi connectivity index (χ4n) is 1.77. The zero-order chi connectivity index (χ0) is 17.3. The van der Waals surface area contributed by atoms with E-state index in [1.165, 1.54) is 12.1 Å². The molecule has 2 N–H and O–H groups in total. The van der Waals surface area contributed by atoms with Crippen molar-refractivity contribution in [3.05, 3.63) is 35.1 Å². The number of hydrogen-bond acceptors (Lipinski definition) is 2. The van der Waals surface area contributed by atoms with E-state index in [1.807, 2.05) is 0 Å². The van der Waals surface area contributed by atoms with Crippen LogP contribution in [0, 0.1) is 5.82 Å². The molecule has 0 aromatic heterocycles. The number of aliphatic hydroxyl groups excluding tert-OH is 1. The van der Waals surface area contributed by atoms with Gasteiger partial charge < -0.3 is 5.11 Å². The molecule has 0 heterocycles. The van der Waals surface area contributed by atoms with E-state index in [9.17, 15) is 17.4 Å². The van der Waals surface area contributed by atoms with Gasteiger partial charge in [0, 0.05) is 11.6 Å². The smallest absolute Gasteiger partial charge is 0.301 e. The monoisotopic (exact) mass is 337 g/mol. The third-order valence-electron chi connectivity index (χ3n) is 3.22. The van der Waals surface area contributed by atoms with Crippen molar-refractivity contribution >= 4 is 11.0 Å². The molecule has 0 saturated heterocycles. The molecule has 0 amide bonds. The lowest BCUT2D eigenvalue weighted by Gasteiger charge is -2.25. The van der Waals surface area contributed by atoms with Crippen molar-refractivity contribution in [3.63, 3.8) is 0 Å². The molecule has 0 aliphatic rings. The van der Waals surface area contributed by atoms with E-state index in [4.69, 9.17) is 5.11 Å². The van der Waals surface area contributed by atoms with Crippen LogP contribution in [-0.2, 0) is 16.9 Å². The molecule has 0 spiro atoms. The molecule has 1 aromatic carbocycles. The number of hydrogen-bond donors (Lipinski definition) is 2. The highest BCUT2D eigenvalue weighted by Crippen LogP contribution is 2.35. The fraction of sp³-hybridized carbons (Fsp3) is 0.600. The number of rotatable bonds is 5. The van der Waals surface area contributed by atoms with Gasteiger partial charge in [-0.25, -0.2) is 13.3 Å². The van der Waals surface area contributed by atoms with Crippen LogP contribution in [0.1, 0.15) is 51.8 Å². The van der Waals surface area contributed by atoms with Crippen molar-refractivity contribution in [2.45, 2.75) is 57.4 Å². The molecule has 1 aromatic rings. The van der Waals surface area contributed by atoms with Gasteiger partial charge in [0.25, 0.3) is 0 Å². The lowest BCUT2D eigenvalue weighted by Crippen LogP contribution is -2.35. The molecule has 0 saturated carbocycles. The first kappa shape index (κ1) is 19.1. The van der Waals surface area contributed by atoms with Crippen molar-refractivity contribution in [3.8, 4) is 0 Å². The zero-order valence-corrected chi connectivity index (χ0v) is 14.1. The molecule has 22 heavy (non-hydrogen) atoms. The molecule has 0 bridgehead atoms. The SMILES string of the molecule is CC(O)C(F)(F)c1cccc([C@@H](C)NS(=O)C(C)(C)C)c1F. The summed E-state index contributed by atoms with van der Waals surface area (Å²) < 4.78 is 56.3. The molecule has 3 nitrogen and oxygen atoms in total. The lowest BCUT2D eigenvalue weighted by molar-refractivity contribution is -0.108. The Morgan fingerprint density at radius 2 is 1.77 bits per heavy atom. The third kappa shape index (κ3) is 4.08. The molecule has 2 unspecified atom stereocenters. The third-order valence-corrected chi connectivity index (χ3v) is 4.90. The van der Waals surface area contributed by atoms with Crippen molar-refractivity contribution in [1.29, 1.82) is 0 Å². The molecular weight excluding hydrogens is 315 g/mol. The van der Waals surface area contributed by atoms with Gasteiger partial charge in [-0.15, -0.1) is 0 Å². The van der Waals surface area contributed by atoms with E-state index in [0.29, 0.717) is 0 Å². The Labute approximate surface area is 131 Å². The maximum Gasteiger partial charge on any atom is 0.301 e. The van der Waals surface area contributed by atoms with E-state index in [2.05, 4.69) is 4.72 Å². The largest absolute Gasteiger partial charge is 0.387 e. The molecule has 0 aliphatic carbocycles. The van der Waals surface area contributed by atoms with Gasteiger partial charge in [0.1, 0.15) is 11.9 Å². The number of halogens is 3. The standard InChI is InChI=1S/C15H22F3NO2S/c1-9(19-22(21)14(3,4)5)11-7-6-8-12(13(11)16)15(17,18)10(2)20/h6-10,19-20H,1-5H3/t9-,10?,22?/m1/s1. The molecule has 0 aliphatic heterocycles. The van der Waals surface area contributed by atoms with Gasteiger partial charge in [0.2, 0.25) is 0 Å². The lowest BCUT2D eigenvalue weighted by atomic mass is 9.98. The van der Waals surface area contributed by atoms with Gasteiger partial charge in [-0.05, 0) is 40.7 Å². The Morgan fingerprint density at radius 1 is 1.23 bits per heavy atom. The van der Waals surface area contributed by atoms with Crippen molar-refractivity contribution < 1.29 is 22.5 Å². The van der Waals surface area contributed by atoms with Gasteiger partial charge in [-0.1, -0.05) is 12.1 Å². The Balaban J connectivity index is 3.15. The average Bonchev–Trinajstić information content (AvgIpc) is 2.37. The normalized spacial score (nSPS) is 17.1. The quantitative estimate of drug-likeness (QED) is 0.865. The summed E-state index contributed by atoms with van der Waals surface area (Å²) >= 11 is 0. The molecule has 0 fully saturated rings. The molecular formula is C15H22F3NO2S. The predicted molar refractivity (Wildman–Crippen MR) is 81.4 cm³/mol. The van der Waals surface area contributed by atoms with Crippen LogP contribution in [0.2, 0.25) is 0 Å². The summed E-state index contributed by atoms with van der Waals surface area (Å²) in [5.41, 5.74) is -0.884. The number of nitrogens with one attached hydrogen (secondary N) is 1. The highest BCUT2D eigenvalue weighted by atomic mass is 32.2. The van der Waals surface area contributed by atoms with Gasteiger partial charge in [-0.3, -0.25) is 0 Å². The summed E-state index contributed by atoms with van der Waals surface area (Å²) in [5, 5.41) is 9.16. The molecule has 0 radical (unpaired) electrons. The van der Waals surface area contributed by atoms with Crippen LogP contribution < -0.4 is 4.72 Å². The van der Waals surface area contributed by atoms with Gasteiger partial charge in [-0.2, -0.15) is 8.78 Å². The maximum absolute atomic E-state index is 14.4. The van der Waals surface area contributed by atoms with Crippen LogP contribution in [0.15, 0.2) is 18.2 Å². The van der Waals surface area contributed by atoms with Crippen LogP contribution in [0.25, 0.3) is 0 Å². The number of alkyl halides is 2. The van der Waals surface area contributed by atoms with Crippen molar-refractivity contribution in [2.75, 3.05) is 0 Å². The Morgan fingerprint density at radius 3 is 2.23 bits per heavy atom. The Kier molecular flexibility index (Phi) is 5.81. The minimum Gasteiger partial charge on any atom is -0.387 e. The second kappa shape index (κ2) is 6.68.